The molecule has 39 heavy (non-hydrogen) atoms. The lowest BCUT2D eigenvalue weighted by Crippen LogP contribution is -1.93. The summed E-state index contributed by atoms with van der Waals surface area (Å²) >= 11 is 0. The Bertz CT molecular complexity index is 564. The van der Waals surface area contributed by atoms with Crippen molar-refractivity contribution in [2.75, 3.05) is 0 Å². The van der Waals surface area contributed by atoms with Crippen molar-refractivity contribution in [3.05, 3.63) is 34.9 Å². The zero-order chi connectivity index (χ0) is 28.1. The fourth-order valence-corrected chi connectivity index (χ4v) is 6.28. The molecule has 0 saturated heterocycles. The van der Waals surface area contributed by atoms with Crippen LogP contribution in [0.25, 0.3) is 0 Å². The lowest BCUT2D eigenvalue weighted by Gasteiger charge is -2.09. The Morgan fingerprint density at radius 2 is 0.538 bits per heavy atom. The van der Waals surface area contributed by atoms with Crippen LogP contribution in [0, 0.1) is 6.92 Å². The normalized spacial score (nSPS) is 11.5. The lowest BCUT2D eigenvalue weighted by atomic mass is 9.97. The molecule has 0 nitrogen and oxygen atoms in total. The number of benzene rings is 1. The Morgan fingerprint density at radius 3 is 0.795 bits per heavy atom. The van der Waals surface area contributed by atoms with Crippen LogP contribution in [0.3, 0.4) is 0 Å². The van der Waals surface area contributed by atoms with Crippen LogP contribution in [-0.2, 0) is 12.8 Å². The summed E-state index contributed by atoms with van der Waals surface area (Å²) in [5.41, 5.74) is 4.65. The summed E-state index contributed by atoms with van der Waals surface area (Å²) in [5, 5.41) is 0. The molecule has 0 N–H and O–H groups in total. The predicted octanol–water partition coefficient (Wildman–Crippen LogP) is 14.0. The molecule has 0 heterocycles. The third-order valence-electron chi connectivity index (χ3n) is 8.83. The molecule has 1 aromatic rings. The van der Waals surface area contributed by atoms with E-state index < -0.39 is 0 Å². The van der Waals surface area contributed by atoms with E-state index in [0.717, 1.165) is 0 Å². The number of rotatable bonds is 30. The van der Waals surface area contributed by atoms with Gasteiger partial charge in [0.1, 0.15) is 0 Å². The molecule has 1 rings (SSSR count). The first-order chi connectivity index (χ1) is 19.3. The van der Waals surface area contributed by atoms with Crippen molar-refractivity contribution in [2.45, 2.75) is 213 Å². The van der Waals surface area contributed by atoms with Crippen LogP contribution in [0.1, 0.15) is 210 Å². The van der Waals surface area contributed by atoms with Crippen LogP contribution >= 0.6 is 0 Å². The van der Waals surface area contributed by atoms with Crippen LogP contribution in [0.2, 0.25) is 0 Å². The molecule has 0 aliphatic carbocycles. The highest BCUT2D eigenvalue weighted by molar-refractivity contribution is 5.29. The Morgan fingerprint density at radius 1 is 0.308 bits per heavy atom. The minimum absolute atomic E-state index is 1.28. The molecule has 0 unspecified atom stereocenters. The first-order valence-corrected chi connectivity index (χ1v) is 18.4. The second-order valence-electron chi connectivity index (χ2n) is 13.0. The maximum atomic E-state index is 2.53. The smallest absolute Gasteiger partial charge is 0.0279 e. The first kappa shape index (κ1) is 36.2. The fourth-order valence-electron chi connectivity index (χ4n) is 6.28. The summed E-state index contributed by atoms with van der Waals surface area (Å²) in [6.07, 6.45) is 43.0. The van der Waals surface area contributed by atoms with Crippen molar-refractivity contribution < 1.29 is 0 Å². The second kappa shape index (κ2) is 28.7. The summed E-state index contributed by atoms with van der Waals surface area (Å²) in [5.74, 6) is 0. The molecule has 0 aliphatic rings. The SMILES string of the molecule is CCCCCCCCCCCCCCCCc1cc(C)cc(CCCCCCCCCCCCCCCC)c1. The molecule has 0 heteroatoms. The van der Waals surface area contributed by atoms with Gasteiger partial charge in [0, 0.05) is 0 Å². The molecule has 0 spiro atoms. The van der Waals surface area contributed by atoms with Crippen LogP contribution in [0.5, 0.6) is 0 Å². The molecular formula is C39H72. The minimum Gasteiger partial charge on any atom is -0.0654 e. The highest BCUT2D eigenvalue weighted by Crippen LogP contribution is 2.18. The number of hydrogen-bond donors (Lipinski definition) is 0. The molecule has 0 amide bonds. The third kappa shape index (κ3) is 24.7. The van der Waals surface area contributed by atoms with Gasteiger partial charge in [0.05, 0.1) is 0 Å². The van der Waals surface area contributed by atoms with Crippen molar-refractivity contribution in [3.63, 3.8) is 0 Å². The lowest BCUT2D eigenvalue weighted by molar-refractivity contribution is 0.535. The van der Waals surface area contributed by atoms with Crippen molar-refractivity contribution in [1.29, 1.82) is 0 Å². The standard InChI is InChI=1S/C39H72/c1-4-6-8-10-12-14-16-18-20-22-24-26-28-30-32-38-34-37(3)35-39(36-38)33-31-29-27-25-23-21-19-17-15-13-11-9-7-5-2/h34-36H,4-33H2,1-3H3. The van der Waals surface area contributed by atoms with Crippen LogP contribution in [-0.4, -0.2) is 0 Å². The Balaban J connectivity index is 1.95. The summed E-state index contributed by atoms with van der Waals surface area (Å²) in [6, 6.07) is 7.41. The molecular weight excluding hydrogens is 468 g/mol. The summed E-state index contributed by atoms with van der Waals surface area (Å²) in [4.78, 5) is 0. The number of aryl methyl sites for hydroxylation is 3. The van der Waals surface area contributed by atoms with E-state index in [9.17, 15) is 0 Å². The molecule has 0 saturated carbocycles. The molecule has 0 radical (unpaired) electrons. The van der Waals surface area contributed by atoms with Gasteiger partial charge in [-0.3, -0.25) is 0 Å². The van der Waals surface area contributed by atoms with Gasteiger partial charge in [0.2, 0.25) is 0 Å². The van der Waals surface area contributed by atoms with Crippen LogP contribution < -0.4 is 0 Å². The molecule has 0 aromatic heterocycles. The number of hydrogen-bond acceptors (Lipinski definition) is 0. The Labute approximate surface area is 247 Å². The molecule has 1 aromatic carbocycles. The van der Waals surface area contributed by atoms with Crippen LogP contribution in [0.4, 0.5) is 0 Å². The molecule has 228 valence electrons. The van der Waals surface area contributed by atoms with Gasteiger partial charge in [-0.2, -0.15) is 0 Å². The van der Waals surface area contributed by atoms with Crippen molar-refractivity contribution in [1.82, 2.24) is 0 Å². The van der Waals surface area contributed by atoms with Crippen molar-refractivity contribution in [3.8, 4) is 0 Å². The Kier molecular flexibility index (Phi) is 26.7. The van der Waals surface area contributed by atoms with E-state index in [0.29, 0.717) is 0 Å². The first-order valence-electron chi connectivity index (χ1n) is 18.4. The van der Waals surface area contributed by atoms with E-state index >= 15 is 0 Å². The quantitative estimate of drug-likeness (QED) is 0.0851. The van der Waals surface area contributed by atoms with Gasteiger partial charge in [0.25, 0.3) is 0 Å². The minimum atomic E-state index is 1.28. The van der Waals surface area contributed by atoms with Crippen molar-refractivity contribution in [2.24, 2.45) is 0 Å². The third-order valence-corrected chi connectivity index (χ3v) is 8.83. The molecule has 0 atom stereocenters. The summed E-state index contributed by atoms with van der Waals surface area (Å²) in [7, 11) is 0. The molecule has 0 bridgehead atoms. The maximum absolute atomic E-state index is 2.53. The summed E-state index contributed by atoms with van der Waals surface area (Å²) < 4.78 is 0. The van der Waals surface area contributed by atoms with Gasteiger partial charge < -0.3 is 0 Å². The van der Waals surface area contributed by atoms with Gasteiger partial charge in [-0.05, 0) is 43.7 Å². The van der Waals surface area contributed by atoms with Gasteiger partial charge in [0.15, 0.2) is 0 Å². The van der Waals surface area contributed by atoms with Crippen LogP contribution in [0.15, 0.2) is 18.2 Å². The van der Waals surface area contributed by atoms with Gasteiger partial charge in [-0.25, -0.2) is 0 Å². The van der Waals surface area contributed by atoms with E-state index in [2.05, 4.69) is 39.0 Å². The van der Waals surface area contributed by atoms with Gasteiger partial charge in [-0.15, -0.1) is 0 Å². The van der Waals surface area contributed by atoms with E-state index in [1.807, 2.05) is 0 Å². The predicted molar refractivity (Wildman–Crippen MR) is 179 cm³/mol. The average Bonchev–Trinajstić information content (AvgIpc) is 2.93. The fraction of sp³-hybridized carbons (Fsp3) is 0.846. The number of unbranched alkanes of at least 4 members (excludes halogenated alkanes) is 26. The second-order valence-corrected chi connectivity index (χ2v) is 13.0. The van der Waals surface area contributed by atoms with Crippen molar-refractivity contribution >= 4 is 0 Å². The van der Waals surface area contributed by atoms with E-state index in [4.69, 9.17) is 0 Å². The topological polar surface area (TPSA) is 0 Å². The highest BCUT2D eigenvalue weighted by atomic mass is 14.1. The van der Waals surface area contributed by atoms with E-state index in [1.54, 1.807) is 11.1 Å². The van der Waals surface area contributed by atoms with E-state index in [-0.39, 0.29) is 0 Å². The van der Waals surface area contributed by atoms with Gasteiger partial charge >= 0.3 is 0 Å². The van der Waals surface area contributed by atoms with Gasteiger partial charge in [-0.1, -0.05) is 205 Å². The highest BCUT2D eigenvalue weighted by Gasteiger charge is 2.01. The average molecular weight is 541 g/mol. The molecule has 0 fully saturated rings. The summed E-state index contributed by atoms with van der Waals surface area (Å²) in [6.45, 7) is 6.91. The molecule has 0 aliphatic heterocycles. The zero-order valence-electron chi connectivity index (χ0n) is 27.4. The Hall–Kier alpha value is -0.780. The zero-order valence-corrected chi connectivity index (χ0v) is 27.4. The monoisotopic (exact) mass is 541 g/mol. The van der Waals surface area contributed by atoms with E-state index in [1.165, 1.54) is 198 Å². The maximum Gasteiger partial charge on any atom is -0.0279 e. The largest absolute Gasteiger partial charge is 0.0654 e.